The molecule has 1 N–H and O–H groups in total. The molecule has 138 valence electrons. The van der Waals surface area contributed by atoms with Crippen molar-refractivity contribution in [2.75, 3.05) is 13.1 Å². The number of hydrogen-bond donors (Lipinski definition) is 1. The Morgan fingerprint density at radius 1 is 1.24 bits per heavy atom. The summed E-state index contributed by atoms with van der Waals surface area (Å²) < 4.78 is 5.41. The van der Waals surface area contributed by atoms with Gasteiger partial charge in [0.15, 0.2) is 0 Å². The van der Waals surface area contributed by atoms with Crippen LogP contribution in [0.3, 0.4) is 0 Å². The first-order chi connectivity index (χ1) is 11.5. The maximum absolute atomic E-state index is 12.7. The fourth-order valence-corrected chi connectivity index (χ4v) is 4.35. The summed E-state index contributed by atoms with van der Waals surface area (Å²) in [4.78, 5) is 31.0. The number of likely N-dealkylation sites (tertiary alicyclic amines) is 1. The molecule has 1 saturated carbocycles. The molecule has 2 amide bonds. The highest BCUT2D eigenvalue weighted by molar-refractivity contribution is 7.09. The van der Waals surface area contributed by atoms with E-state index in [1.165, 1.54) is 0 Å². The number of piperidine rings is 1. The lowest BCUT2D eigenvalue weighted by molar-refractivity contribution is -0.125. The van der Waals surface area contributed by atoms with Gasteiger partial charge < -0.3 is 15.0 Å². The van der Waals surface area contributed by atoms with E-state index in [4.69, 9.17) is 4.74 Å². The monoisotopic (exact) mass is 365 g/mol. The van der Waals surface area contributed by atoms with Gasteiger partial charge in [0, 0.05) is 30.1 Å². The van der Waals surface area contributed by atoms with Crippen molar-refractivity contribution >= 4 is 23.3 Å². The van der Waals surface area contributed by atoms with E-state index in [9.17, 15) is 9.59 Å². The van der Waals surface area contributed by atoms with Crippen LogP contribution in [0.15, 0.2) is 5.38 Å². The fourth-order valence-electron chi connectivity index (χ4n) is 3.48. The highest BCUT2D eigenvalue weighted by atomic mass is 32.1. The summed E-state index contributed by atoms with van der Waals surface area (Å²) in [6.07, 6.45) is -0.280. The quantitative estimate of drug-likeness (QED) is 0.894. The minimum absolute atomic E-state index is 0.000907. The van der Waals surface area contributed by atoms with Crippen molar-refractivity contribution in [2.24, 2.45) is 17.8 Å². The zero-order chi connectivity index (χ0) is 18.6. The van der Waals surface area contributed by atoms with Crippen molar-refractivity contribution in [3.05, 3.63) is 16.1 Å². The molecule has 0 bridgehead atoms. The van der Waals surface area contributed by atoms with Crippen LogP contribution in [0.1, 0.15) is 45.3 Å². The zero-order valence-electron chi connectivity index (χ0n) is 15.8. The van der Waals surface area contributed by atoms with Crippen molar-refractivity contribution < 1.29 is 14.3 Å². The first kappa shape index (κ1) is 18.2. The second-order valence-corrected chi connectivity index (χ2v) is 9.51. The van der Waals surface area contributed by atoms with Crippen LogP contribution in [0, 0.1) is 24.7 Å². The van der Waals surface area contributed by atoms with E-state index in [1.807, 2.05) is 46.9 Å². The second-order valence-electron chi connectivity index (χ2n) is 8.65. The number of amides is 2. The van der Waals surface area contributed by atoms with E-state index in [0.29, 0.717) is 13.1 Å². The molecule has 6 nitrogen and oxygen atoms in total. The maximum atomic E-state index is 12.7. The molecule has 2 fully saturated rings. The first-order valence-corrected chi connectivity index (χ1v) is 9.58. The number of ether oxygens (including phenoxy) is 1. The van der Waals surface area contributed by atoms with E-state index < -0.39 is 11.1 Å². The number of nitrogens with zero attached hydrogens (tertiary/aromatic N) is 2. The molecule has 0 radical (unpaired) electrons. The van der Waals surface area contributed by atoms with Gasteiger partial charge in [-0.05, 0) is 53.4 Å². The average molecular weight is 365 g/mol. The van der Waals surface area contributed by atoms with Crippen molar-refractivity contribution in [2.45, 2.75) is 52.7 Å². The zero-order valence-corrected chi connectivity index (χ0v) is 16.6. The first-order valence-electron chi connectivity index (χ1n) is 8.70. The van der Waals surface area contributed by atoms with Crippen LogP contribution in [0.25, 0.3) is 0 Å². The Hall–Kier alpha value is -1.63. The number of carbonyl (C=O) groups is 2. The Kier molecular flexibility index (Phi) is 4.34. The SMILES string of the molecule is Cc1csc(C(C)(C)NC(=O)[C@H]2[C@@H]3CN(C(=O)OC(C)(C)C)C[C@@H]32)n1. The van der Waals surface area contributed by atoms with Gasteiger partial charge in [-0.15, -0.1) is 11.3 Å². The van der Waals surface area contributed by atoms with Gasteiger partial charge in [-0.25, -0.2) is 9.78 Å². The standard InChI is InChI=1S/C18H27N3O3S/c1-10-9-25-15(19-10)18(5,6)20-14(22)13-11-7-21(8-12(11)13)16(23)24-17(2,3)4/h9,11-13H,7-8H2,1-6H3,(H,20,22)/t11-,12+,13+. The molecule has 3 atom stereocenters. The fraction of sp³-hybridized carbons (Fsp3) is 0.722. The van der Waals surface area contributed by atoms with Gasteiger partial charge in [-0.3, -0.25) is 4.79 Å². The van der Waals surface area contributed by atoms with Crippen molar-refractivity contribution in [1.29, 1.82) is 0 Å². The molecular formula is C18H27N3O3S. The number of aryl methyl sites for hydroxylation is 1. The predicted octanol–water partition coefficient (Wildman–Crippen LogP) is 2.92. The molecule has 0 spiro atoms. The second kappa shape index (κ2) is 5.97. The van der Waals surface area contributed by atoms with Crippen LogP contribution in [0.5, 0.6) is 0 Å². The number of fused-ring (bicyclic) bond motifs is 1. The van der Waals surface area contributed by atoms with Crippen LogP contribution in [-0.2, 0) is 15.1 Å². The van der Waals surface area contributed by atoms with Crippen LogP contribution in [0.2, 0.25) is 0 Å². The van der Waals surface area contributed by atoms with Gasteiger partial charge in [-0.2, -0.15) is 0 Å². The van der Waals surface area contributed by atoms with Crippen molar-refractivity contribution in [1.82, 2.24) is 15.2 Å². The summed E-state index contributed by atoms with van der Waals surface area (Å²) in [6.45, 7) is 12.7. The molecule has 2 aliphatic rings. The molecule has 3 rings (SSSR count). The van der Waals surface area contributed by atoms with Gasteiger partial charge >= 0.3 is 6.09 Å². The summed E-state index contributed by atoms with van der Waals surface area (Å²) in [5.41, 5.74) is 0.00691. The Morgan fingerprint density at radius 2 is 1.84 bits per heavy atom. The number of rotatable bonds is 3. The minimum Gasteiger partial charge on any atom is -0.444 e. The molecule has 1 aliphatic heterocycles. The molecule has 0 unspecified atom stereocenters. The summed E-state index contributed by atoms with van der Waals surface area (Å²) in [6, 6.07) is 0. The molecule has 0 aromatic carbocycles. The Balaban J connectivity index is 1.53. The lowest BCUT2D eigenvalue weighted by Crippen LogP contribution is -2.44. The third-order valence-electron chi connectivity index (χ3n) is 4.74. The third kappa shape index (κ3) is 3.81. The lowest BCUT2D eigenvalue weighted by atomic mass is 10.1. The van der Waals surface area contributed by atoms with Gasteiger partial charge in [-0.1, -0.05) is 0 Å². The largest absolute Gasteiger partial charge is 0.444 e. The van der Waals surface area contributed by atoms with E-state index in [-0.39, 0.29) is 29.8 Å². The van der Waals surface area contributed by atoms with Crippen LogP contribution in [-0.4, -0.2) is 40.6 Å². The molecule has 1 aromatic rings. The van der Waals surface area contributed by atoms with E-state index in [1.54, 1.807) is 16.2 Å². The number of nitrogens with one attached hydrogen (secondary N) is 1. The molecule has 7 heteroatoms. The highest BCUT2D eigenvalue weighted by Gasteiger charge is 2.61. The van der Waals surface area contributed by atoms with Gasteiger partial charge in [0.1, 0.15) is 10.6 Å². The van der Waals surface area contributed by atoms with E-state index >= 15 is 0 Å². The molecule has 25 heavy (non-hydrogen) atoms. The van der Waals surface area contributed by atoms with E-state index in [0.717, 1.165) is 10.7 Å². The maximum Gasteiger partial charge on any atom is 0.410 e. The Morgan fingerprint density at radius 3 is 2.32 bits per heavy atom. The van der Waals surface area contributed by atoms with Gasteiger partial charge in [0.25, 0.3) is 0 Å². The van der Waals surface area contributed by atoms with Crippen LogP contribution in [0.4, 0.5) is 4.79 Å². The molecule has 2 heterocycles. The average Bonchev–Trinajstić information content (AvgIpc) is 2.83. The van der Waals surface area contributed by atoms with Gasteiger partial charge in [0.2, 0.25) is 5.91 Å². The lowest BCUT2D eigenvalue weighted by Gasteiger charge is -2.27. The summed E-state index contributed by atoms with van der Waals surface area (Å²) >= 11 is 1.57. The molecule has 1 aromatic heterocycles. The molecule has 1 saturated heterocycles. The van der Waals surface area contributed by atoms with Crippen molar-refractivity contribution in [3.8, 4) is 0 Å². The smallest absolute Gasteiger partial charge is 0.410 e. The number of aromatic nitrogens is 1. The van der Waals surface area contributed by atoms with Crippen molar-refractivity contribution in [3.63, 3.8) is 0 Å². The third-order valence-corrected chi connectivity index (χ3v) is 6.02. The summed E-state index contributed by atoms with van der Waals surface area (Å²) in [5.74, 6) is 0.568. The minimum atomic E-state index is -0.490. The number of carbonyl (C=O) groups excluding carboxylic acids is 2. The molecule has 1 aliphatic carbocycles. The summed E-state index contributed by atoms with van der Waals surface area (Å²) in [5, 5.41) is 6.04. The molecular weight excluding hydrogens is 338 g/mol. The normalized spacial score (nSPS) is 25.5. The Bertz CT molecular complexity index is 680. The Labute approximate surface area is 153 Å². The number of hydrogen-bond acceptors (Lipinski definition) is 5. The van der Waals surface area contributed by atoms with Crippen LogP contribution >= 0.6 is 11.3 Å². The summed E-state index contributed by atoms with van der Waals surface area (Å²) in [7, 11) is 0. The van der Waals surface area contributed by atoms with E-state index in [2.05, 4.69) is 10.3 Å². The highest BCUT2D eigenvalue weighted by Crippen LogP contribution is 2.52. The van der Waals surface area contributed by atoms with Gasteiger partial charge in [0.05, 0.1) is 5.54 Å². The number of thiazole rings is 1. The topological polar surface area (TPSA) is 71.5 Å². The predicted molar refractivity (Wildman–Crippen MR) is 96.3 cm³/mol. The van der Waals surface area contributed by atoms with Crippen LogP contribution < -0.4 is 5.32 Å².